The van der Waals surface area contributed by atoms with Crippen LogP contribution in [-0.4, -0.2) is 44.1 Å². The molecule has 0 fully saturated rings. The fourth-order valence-corrected chi connectivity index (χ4v) is 2.86. The summed E-state index contributed by atoms with van der Waals surface area (Å²) >= 11 is 1.23. The molecule has 7 nitrogen and oxygen atoms in total. The molecule has 0 saturated carbocycles. The van der Waals surface area contributed by atoms with Gasteiger partial charge >= 0.3 is 12.0 Å². The maximum absolute atomic E-state index is 11.5. The molecular formula is C11H16N2O5S2. The first-order valence-corrected chi connectivity index (χ1v) is 8.72. The number of rotatable bonds is 7. The summed E-state index contributed by atoms with van der Waals surface area (Å²) in [7, 11) is -3.06. The molecule has 1 atom stereocenters. The lowest BCUT2D eigenvalue weighted by atomic mass is 10.2. The molecule has 9 heteroatoms. The molecule has 0 saturated heterocycles. The molecule has 1 rings (SSSR count). The van der Waals surface area contributed by atoms with Crippen LogP contribution in [0.5, 0.6) is 0 Å². The molecule has 0 aromatic carbocycles. The number of hydrogen-bond acceptors (Lipinski definition) is 5. The first kappa shape index (κ1) is 16.4. The minimum absolute atomic E-state index is 0.0272. The largest absolute Gasteiger partial charge is 0.479 e. The molecule has 0 aliphatic carbocycles. The molecule has 0 bridgehead atoms. The van der Waals surface area contributed by atoms with E-state index in [0.29, 0.717) is 4.88 Å². The van der Waals surface area contributed by atoms with Gasteiger partial charge in [-0.15, -0.1) is 11.3 Å². The fourth-order valence-electron chi connectivity index (χ4n) is 1.43. The van der Waals surface area contributed by atoms with E-state index in [1.54, 1.807) is 17.5 Å². The maximum atomic E-state index is 11.5. The first-order chi connectivity index (χ1) is 9.29. The molecule has 0 aliphatic rings. The zero-order valence-electron chi connectivity index (χ0n) is 10.8. The minimum atomic E-state index is -3.06. The minimum Gasteiger partial charge on any atom is -0.479 e. The molecule has 112 valence electrons. The van der Waals surface area contributed by atoms with E-state index in [0.717, 1.165) is 6.26 Å². The zero-order chi connectivity index (χ0) is 15.2. The monoisotopic (exact) mass is 320 g/mol. The molecule has 0 radical (unpaired) electrons. The van der Waals surface area contributed by atoms with Crippen molar-refractivity contribution in [1.82, 2.24) is 10.6 Å². The van der Waals surface area contributed by atoms with Crippen molar-refractivity contribution in [1.29, 1.82) is 0 Å². The Bertz CT molecular complexity index is 553. The Labute approximate surface area is 120 Å². The summed E-state index contributed by atoms with van der Waals surface area (Å²) < 4.78 is 21.8. The van der Waals surface area contributed by atoms with Crippen LogP contribution in [0.4, 0.5) is 4.79 Å². The molecule has 1 unspecified atom stereocenters. The van der Waals surface area contributed by atoms with Crippen molar-refractivity contribution < 1.29 is 23.1 Å². The number of carbonyl (C=O) groups excluding carboxylic acids is 1. The van der Waals surface area contributed by atoms with Gasteiger partial charge in [-0.2, -0.15) is 0 Å². The molecule has 3 N–H and O–H groups in total. The molecule has 1 heterocycles. The third-order valence-corrected chi connectivity index (χ3v) is 4.29. The van der Waals surface area contributed by atoms with E-state index in [2.05, 4.69) is 10.6 Å². The van der Waals surface area contributed by atoms with Gasteiger partial charge in [0.2, 0.25) is 0 Å². The highest BCUT2D eigenvalue weighted by Gasteiger charge is 2.22. The maximum Gasteiger partial charge on any atom is 0.331 e. The van der Waals surface area contributed by atoms with Crippen LogP contribution in [-0.2, 0) is 14.6 Å². The van der Waals surface area contributed by atoms with E-state index < -0.39 is 27.9 Å². The van der Waals surface area contributed by atoms with Crippen molar-refractivity contribution in [2.45, 2.75) is 12.5 Å². The van der Waals surface area contributed by atoms with Crippen molar-refractivity contribution in [2.24, 2.45) is 0 Å². The number of urea groups is 1. The lowest BCUT2D eigenvalue weighted by molar-refractivity contribution is -0.139. The summed E-state index contributed by atoms with van der Waals surface area (Å²) in [6.45, 7) is 0.162. The van der Waals surface area contributed by atoms with Crippen molar-refractivity contribution in [3.8, 4) is 0 Å². The number of sulfone groups is 1. The van der Waals surface area contributed by atoms with Gasteiger partial charge in [-0.25, -0.2) is 18.0 Å². The smallest absolute Gasteiger partial charge is 0.331 e. The highest BCUT2D eigenvalue weighted by atomic mass is 32.2. The number of hydrogen-bond donors (Lipinski definition) is 3. The lowest BCUT2D eigenvalue weighted by Crippen LogP contribution is -2.41. The van der Waals surface area contributed by atoms with Crippen LogP contribution in [0.15, 0.2) is 17.5 Å². The average Bonchev–Trinajstić information content (AvgIpc) is 2.83. The second-order valence-corrected chi connectivity index (χ2v) is 7.41. The van der Waals surface area contributed by atoms with E-state index in [9.17, 15) is 18.0 Å². The van der Waals surface area contributed by atoms with Crippen LogP contribution in [0.25, 0.3) is 0 Å². The number of carboxylic acids is 1. The number of aliphatic carboxylic acids is 1. The summed E-state index contributed by atoms with van der Waals surface area (Å²) in [4.78, 5) is 23.1. The van der Waals surface area contributed by atoms with Gasteiger partial charge in [0, 0.05) is 17.7 Å². The lowest BCUT2D eigenvalue weighted by Gasteiger charge is -2.13. The van der Waals surface area contributed by atoms with Crippen LogP contribution < -0.4 is 10.6 Å². The van der Waals surface area contributed by atoms with E-state index >= 15 is 0 Å². The summed E-state index contributed by atoms with van der Waals surface area (Å²) in [5.74, 6) is -1.18. The van der Waals surface area contributed by atoms with Gasteiger partial charge in [0.1, 0.15) is 9.84 Å². The predicted octanol–water partition coefficient (Wildman–Crippen LogP) is 0.608. The van der Waals surface area contributed by atoms with Crippen LogP contribution in [0.3, 0.4) is 0 Å². The average molecular weight is 320 g/mol. The second-order valence-electron chi connectivity index (χ2n) is 4.17. The summed E-state index contributed by atoms with van der Waals surface area (Å²) in [5, 5.41) is 15.5. The van der Waals surface area contributed by atoms with Crippen molar-refractivity contribution in [3.05, 3.63) is 22.4 Å². The summed E-state index contributed by atoms with van der Waals surface area (Å²) in [6, 6.07) is 1.57. The molecule has 20 heavy (non-hydrogen) atoms. The third-order valence-electron chi connectivity index (χ3n) is 2.33. The Balaban J connectivity index is 2.42. The van der Waals surface area contributed by atoms with E-state index in [4.69, 9.17) is 5.11 Å². The Morgan fingerprint density at radius 1 is 1.45 bits per heavy atom. The molecular weight excluding hydrogens is 304 g/mol. The molecule has 1 aromatic heterocycles. The fraction of sp³-hybridized carbons (Fsp3) is 0.455. The van der Waals surface area contributed by atoms with Gasteiger partial charge < -0.3 is 15.7 Å². The summed E-state index contributed by atoms with van der Waals surface area (Å²) in [5.41, 5.74) is 0. The van der Waals surface area contributed by atoms with Crippen molar-refractivity contribution >= 4 is 33.2 Å². The number of thiophene rings is 1. The standard InChI is InChI=1S/C11H16N2O5S2/c1-20(17,18)7-3-5-12-11(16)13-9(10(14)15)8-4-2-6-19-8/h2,4,6,9H,3,5,7H2,1H3,(H,14,15)(H2,12,13,16). The van der Waals surface area contributed by atoms with E-state index in [-0.39, 0.29) is 18.7 Å². The van der Waals surface area contributed by atoms with Crippen LogP contribution in [0, 0.1) is 0 Å². The zero-order valence-corrected chi connectivity index (χ0v) is 12.5. The van der Waals surface area contributed by atoms with Gasteiger partial charge in [0.25, 0.3) is 0 Å². The highest BCUT2D eigenvalue weighted by Crippen LogP contribution is 2.18. The van der Waals surface area contributed by atoms with Crippen LogP contribution in [0.1, 0.15) is 17.3 Å². The third kappa shape index (κ3) is 6.02. The number of carboxylic acid groups (broad SMARTS) is 1. The quantitative estimate of drug-likeness (QED) is 0.637. The molecule has 1 aromatic rings. The van der Waals surface area contributed by atoms with Crippen molar-refractivity contribution in [3.63, 3.8) is 0 Å². The molecule has 0 spiro atoms. The second kappa shape index (κ2) is 7.25. The molecule has 2 amide bonds. The van der Waals surface area contributed by atoms with Gasteiger partial charge in [-0.1, -0.05) is 6.07 Å². The SMILES string of the molecule is CS(=O)(=O)CCCNC(=O)NC(C(=O)O)c1cccs1. The summed E-state index contributed by atoms with van der Waals surface area (Å²) in [6.07, 6.45) is 1.40. The van der Waals surface area contributed by atoms with Gasteiger partial charge in [-0.3, -0.25) is 0 Å². The number of carbonyl (C=O) groups is 2. The number of amides is 2. The Kier molecular flexibility index (Phi) is 5.96. The Morgan fingerprint density at radius 3 is 2.65 bits per heavy atom. The first-order valence-electron chi connectivity index (χ1n) is 5.78. The van der Waals surface area contributed by atoms with Gasteiger partial charge in [0.15, 0.2) is 6.04 Å². The van der Waals surface area contributed by atoms with Crippen LogP contribution >= 0.6 is 11.3 Å². The Hall–Kier alpha value is -1.61. The Morgan fingerprint density at radius 2 is 2.15 bits per heavy atom. The highest BCUT2D eigenvalue weighted by molar-refractivity contribution is 7.90. The van der Waals surface area contributed by atoms with Crippen molar-refractivity contribution in [2.75, 3.05) is 18.6 Å². The van der Waals surface area contributed by atoms with Crippen LogP contribution in [0.2, 0.25) is 0 Å². The number of nitrogens with one attached hydrogen (secondary N) is 2. The molecule has 0 aliphatic heterocycles. The van der Waals surface area contributed by atoms with Gasteiger partial charge in [0.05, 0.1) is 5.75 Å². The predicted molar refractivity (Wildman–Crippen MR) is 75.6 cm³/mol. The normalized spacial score (nSPS) is 12.7. The van der Waals surface area contributed by atoms with Gasteiger partial charge in [-0.05, 0) is 17.9 Å². The van der Waals surface area contributed by atoms with E-state index in [1.807, 2.05) is 0 Å². The van der Waals surface area contributed by atoms with E-state index in [1.165, 1.54) is 11.3 Å². The topological polar surface area (TPSA) is 113 Å².